The van der Waals surface area contributed by atoms with Gasteiger partial charge in [-0.25, -0.2) is 0 Å². The van der Waals surface area contributed by atoms with Crippen molar-refractivity contribution in [1.82, 2.24) is 5.32 Å². The van der Waals surface area contributed by atoms with Crippen LogP contribution >= 0.6 is 11.3 Å². The van der Waals surface area contributed by atoms with E-state index >= 15 is 0 Å². The molecule has 1 fully saturated rings. The molecule has 84 valence electrons. The largest absolute Gasteiger partial charge is 0.367 e. The maximum atomic E-state index is 6.13. The molecule has 1 N–H and O–H groups in total. The lowest BCUT2D eigenvalue weighted by Crippen LogP contribution is -2.46. The van der Waals surface area contributed by atoms with Crippen molar-refractivity contribution in [3.8, 4) is 0 Å². The highest BCUT2D eigenvalue weighted by molar-refractivity contribution is 7.10. The Hall–Kier alpha value is -0.380. The third-order valence-electron chi connectivity index (χ3n) is 2.89. The van der Waals surface area contributed by atoms with Gasteiger partial charge in [-0.1, -0.05) is 19.4 Å². The molecule has 0 radical (unpaired) electrons. The second-order valence-corrected chi connectivity index (χ2v) is 5.16. The first-order valence-electron chi connectivity index (χ1n) is 5.73. The Morgan fingerprint density at radius 3 is 3.13 bits per heavy atom. The smallest absolute Gasteiger partial charge is 0.107 e. The maximum absolute atomic E-state index is 6.13. The van der Waals surface area contributed by atoms with E-state index in [1.807, 2.05) is 0 Å². The van der Waals surface area contributed by atoms with Gasteiger partial charge in [0.05, 0.1) is 6.10 Å². The Morgan fingerprint density at radius 2 is 2.47 bits per heavy atom. The molecular formula is C12H19NOS. The fourth-order valence-electron chi connectivity index (χ4n) is 2.06. The van der Waals surface area contributed by atoms with Crippen LogP contribution in [0.1, 0.15) is 37.7 Å². The van der Waals surface area contributed by atoms with Gasteiger partial charge in [0.1, 0.15) is 6.10 Å². The molecule has 0 saturated carbocycles. The lowest BCUT2D eigenvalue weighted by atomic mass is 10.1. The van der Waals surface area contributed by atoms with Crippen molar-refractivity contribution in [2.24, 2.45) is 0 Å². The molecule has 2 heterocycles. The molecule has 0 aromatic carbocycles. The van der Waals surface area contributed by atoms with Gasteiger partial charge in [0.2, 0.25) is 0 Å². The van der Waals surface area contributed by atoms with Crippen LogP contribution in [0.3, 0.4) is 0 Å². The van der Waals surface area contributed by atoms with Crippen LogP contribution in [-0.2, 0) is 4.74 Å². The van der Waals surface area contributed by atoms with Crippen molar-refractivity contribution < 1.29 is 4.74 Å². The van der Waals surface area contributed by atoms with Gasteiger partial charge in [-0.05, 0) is 24.8 Å². The van der Waals surface area contributed by atoms with E-state index in [-0.39, 0.29) is 6.10 Å². The molecule has 1 aliphatic rings. The molecule has 15 heavy (non-hydrogen) atoms. The number of nitrogens with one attached hydrogen (secondary N) is 1. The Bertz CT molecular complexity index is 286. The van der Waals surface area contributed by atoms with E-state index in [0.717, 1.165) is 13.0 Å². The summed E-state index contributed by atoms with van der Waals surface area (Å²) in [6.45, 7) is 5.41. The molecule has 1 aromatic rings. The highest BCUT2D eigenvalue weighted by Crippen LogP contribution is 2.30. The van der Waals surface area contributed by atoms with Gasteiger partial charge < -0.3 is 10.1 Å². The minimum Gasteiger partial charge on any atom is -0.367 e. The number of thiophene rings is 1. The fourth-order valence-corrected chi connectivity index (χ4v) is 2.92. The molecule has 0 aliphatic carbocycles. The van der Waals surface area contributed by atoms with Gasteiger partial charge in [-0.15, -0.1) is 11.3 Å². The second kappa shape index (κ2) is 5.10. The van der Waals surface area contributed by atoms with Crippen molar-refractivity contribution in [3.63, 3.8) is 0 Å². The predicted molar refractivity (Wildman–Crippen MR) is 64.3 cm³/mol. The van der Waals surface area contributed by atoms with Crippen molar-refractivity contribution in [2.45, 2.75) is 44.9 Å². The number of rotatable bonds is 3. The lowest BCUT2D eigenvalue weighted by Gasteiger charge is -2.35. The Morgan fingerprint density at radius 1 is 1.60 bits per heavy atom. The molecule has 0 amide bonds. The minimum absolute atomic E-state index is 0.246. The molecule has 0 spiro atoms. The van der Waals surface area contributed by atoms with Crippen LogP contribution in [0.5, 0.6) is 0 Å². The van der Waals surface area contributed by atoms with Crippen LogP contribution in [0.4, 0.5) is 0 Å². The minimum atomic E-state index is 0.246. The van der Waals surface area contributed by atoms with Crippen molar-refractivity contribution >= 4 is 11.3 Å². The first-order chi connectivity index (χ1) is 7.31. The zero-order valence-electron chi connectivity index (χ0n) is 9.40. The van der Waals surface area contributed by atoms with E-state index < -0.39 is 0 Å². The Balaban J connectivity index is 2.02. The zero-order chi connectivity index (χ0) is 10.7. The van der Waals surface area contributed by atoms with Gasteiger partial charge in [0, 0.05) is 17.5 Å². The first-order valence-corrected chi connectivity index (χ1v) is 6.61. The van der Waals surface area contributed by atoms with E-state index in [2.05, 4.69) is 36.7 Å². The summed E-state index contributed by atoms with van der Waals surface area (Å²) in [7, 11) is 0. The SMILES string of the molecule is CCCC1CNC(C)C(c2cccs2)O1. The molecule has 3 heteroatoms. The molecule has 1 aliphatic heterocycles. The Labute approximate surface area is 95.6 Å². The molecule has 2 nitrogen and oxygen atoms in total. The Kier molecular flexibility index (Phi) is 3.78. The van der Waals surface area contributed by atoms with E-state index in [0.29, 0.717) is 12.1 Å². The lowest BCUT2D eigenvalue weighted by molar-refractivity contribution is -0.0626. The average Bonchev–Trinajstić information content (AvgIpc) is 2.74. The summed E-state index contributed by atoms with van der Waals surface area (Å²) in [6.07, 6.45) is 2.98. The van der Waals surface area contributed by atoms with Crippen molar-refractivity contribution in [1.29, 1.82) is 0 Å². The van der Waals surface area contributed by atoms with Crippen molar-refractivity contribution in [3.05, 3.63) is 22.4 Å². The van der Waals surface area contributed by atoms with Crippen LogP contribution in [0, 0.1) is 0 Å². The first kappa shape index (κ1) is 11.1. The quantitative estimate of drug-likeness (QED) is 0.854. The van der Waals surface area contributed by atoms with Gasteiger partial charge in [0.15, 0.2) is 0 Å². The number of morpholine rings is 1. The van der Waals surface area contributed by atoms with Crippen LogP contribution in [0.25, 0.3) is 0 Å². The second-order valence-electron chi connectivity index (χ2n) is 4.18. The molecule has 1 saturated heterocycles. The summed E-state index contributed by atoms with van der Waals surface area (Å²) in [5, 5.41) is 5.66. The van der Waals surface area contributed by atoms with Gasteiger partial charge >= 0.3 is 0 Å². The van der Waals surface area contributed by atoms with E-state index in [1.54, 1.807) is 11.3 Å². The molecule has 3 unspecified atom stereocenters. The third kappa shape index (κ3) is 2.60. The maximum Gasteiger partial charge on any atom is 0.107 e. The summed E-state index contributed by atoms with van der Waals surface area (Å²) in [6, 6.07) is 4.69. The molecule has 0 bridgehead atoms. The third-order valence-corrected chi connectivity index (χ3v) is 3.83. The summed E-state index contributed by atoms with van der Waals surface area (Å²) in [5.74, 6) is 0. The molecule has 2 rings (SSSR count). The van der Waals surface area contributed by atoms with Gasteiger partial charge in [-0.3, -0.25) is 0 Å². The normalized spacial score (nSPS) is 31.7. The standard InChI is InChI=1S/C12H19NOS/c1-3-5-10-8-13-9(2)12(14-10)11-6-4-7-15-11/h4,6-7,9-10,12-13H,3,5,8H2,1-2H3. The molecule has 3 atom stereocenters. The summed E-state index contributed by atoms with van der Waals surface area (Å²) >= 11 is 1.79. The monoisotopic (exact) mass is 225 g/mol. The average molecular weight is 225 g/mol. The number of hydrogen-bond acceptors (Lipinski definition) is 3. The highest BCUT2D eigenvalue weighted by atomic mass is 32.1. The van der Waals surface area contributed by atoms with E-state index in [9.17, 15) is 0 Å². The van der Waals surface area contributed by atoms with Gasteiger partial charge in [0.25, 0.3) is 0 Å². The highest BCUT2D eigenvalue weighted by Gasteiger charge is 2.29. The van der Waals surface area contributed by atoms with Gasteiger partial charge in [-0.2, -0.15) is 0 Å². The topological polar surface area (TPSA) is 21.3 Å². The predicted octanol–water partition coefficient (Wildman–Crippen LogP) is 2.97. The van der Waals surface area contributed by atoms with Crippen LogP contribution in [-0.4, -0.2) is 18.7 Å². The fraction of sp³-hybridized carbons (Fsp3) is 0.667. The zero-order valence-corrected chi connectivity index (χ0v) is 10.2. The van der Waals surface area contributed by atoms with Crippen LogP contribution in [0.2, 0.25) is 0 Å². The number of ether oxygens (including phenoxy) is 1. The number of hydrogen-bond donors (Lipinski definition) is 1. The summed E-state index contributed by atoms with van der Waals surface area (Å²) < 4.78 is 6.13. The summed E-state index contributed by atoms with van der Waals surface area (Å²) in [4.78, 5) is 1.34. The molecule has 1 aromatic heterocycles. The van der Waals surface area contributed by atoms with Crippen LogP contribution < -0.4 is 5.32 Å². The summed E-state index contributed by atoms with van der Waals surface area (Å²) in [5.41, 5.74) is 0. The van der Waals surface area contributed by atoms with Crippen LogP contribution in [0.15, 0.2) is 17.5 Å². The van der Waals surface area contributed by atoms with E-state index in [4.69, 9.17) is 4.74 Å². The van der Waals surface area contributed by atoms with Crippen molar-refractivity contribution in [2.75, 3.05) is 6.54 Å². The molecular weight excluding hydrogens is 206 g/mol. The van der Waals surface area contributed by atoms with E-state index in [1.165, 1.54) is 11.3 Å².